The second-order valence-corrected chi connectivity index (χ2v) is 7.24. The summed E-state index contributed by atoms with van der Waals surface area (Å²) in [6, 6.07) is 32.4. The number of pyridine rings is 1. The Morgan fingerprint density at radius 2 is 1.43 bits per heavy atom. The molecule has 0 fully saturated rings. The number of hydrogen-bond acceptors (Lipinski definition) is 5. The van der Waals surface area contributed by atoms with Gasteiger partial charge in [-0.1, -0.05) is 105 Å². The van der Waals surface area contributed by atoms with Crippen LogP contribution in [0, 0.1) is 11.3 Å². The molecule has 0 aliphatic heterocycles. The quantitative estimate of drug-likeness (QED) is 0.275. The van der Waals surface area contributed by atoms with Gasteiger partial charge in [0.15, 0.2) is 0 Å². The molecule has 35 heavy (non-hydrogen) atoms. The summed E-state index contributed by atoms with van der Waals surface area (Å²) in [5.41, 5.74) is 3.91. The van der Waals surface area contributed by atoms with E-state index in [1.165, 1.54) is 0 Å². The van der Waals surface area contributed by atoms with Crippen molar-refractivity contribution < 1.29 is 14.3 Å². The van der Waals surface area contributed by atoms with Gasteiger partial charge in [-0.05, 0) is 18.6 Å². The van der Waals surface area contributed by atoms with Gasteiger partial charge in [0.1, 0.15) is 11.6 Å². The van der Waals surface area contributed by atoms with E-state index in [4.69, 9.17) is 9.47 Å². The number of nitrogens with zero attached hydrogens (tertiary/aromatic N) is 2. The van der Waals surface area contributed by atoms with Crippen LogP contribution < -0.4 is 4.74 Å². The number of aromatic nitrogens is 1. The molecule has 0 aliphatic carbocycles. The summed E-state index contributed by atoms with van der Waals surface area (Å²) in [4.78, 5) is 17.5. The predicted octanol–water partition coefficient (Wildman–Crippen LogP) is 7.00. The molecule has 1 heterocycles. The van der Waals surface area contributed by atoms with E-state index in [0.717, 1.165) is 11.1 Å². The van der Waals surface area contributed by atoms with Crippen LogP contribution in [-0.4, -0.2) is 17.6 Å². The van der Waals surface area contributed by atoms with Crippen LogP contribution >= 0.6 is 0 Å². The van der Waals surface area contributed by atoms with Crippen LogP contribution in [0.4, 0.5) is 0 Å². The van der Waals surface area contributed by atoms with Crippen LogP contribution in [0.2, 0.25) is 0 Å². The predicted molar refractivity (Wildman–Crippen MR) is 138 cm³/mol. The Labute approximate surface area is 206 Å². The largest absolute Gasteiger partial charge is 0.463 e. The zero-order valence-corrected chi connectivity index (χ0v) is 20.1. The van der Waals surface area contributed by atoms with E-state index < -0.39 is 12.1 Å². The van der Waals surface area contributed by atoms with Crippen molar-refractivity contribution in [1.29, 1.82) is 5.26 Å². The first kappa shape index (κ1) is 25.2. The van der Waals surface area contributed by atoms with Gasteiger partial charge in [-0.2, -0.15) is 5.26 Å². The summed E-state index contributed by atoms with van der Waals surface area (Å²) >= 11 is 0. The number of esters is 1. The van der Waals surface area contributed by atoms with E-state index in [-0.39, 0.29) is 18.1 Å². The molecule has 0 saturated heterocycles. The standard InChI is InChI=1S/C28H22N2O3.C2H6/c1-2-32-28(31)26(22-16-10-5-11-17-22)33-27-24(19-29)23(20-12-6-3-7-13-20)18-25(30-27)21-14-8-4-9-15-21;1-2/h3-18,26H,2H2,1H3;1-2H3. The molecule has 0 bridgehead atoms. The van der Waals surface area contributed by atoms with Crippen molar-refractivity contribution in [3.63, 3.8) is 0 Å². The molecule has 4 rings (SSSR count). The third-order valence-corrected chi connectivity index (χ3v) is 5.08. The number of carbonyl (C=O) groups is 1. The fourth-order valence-corrected chi connectivity index (χ4v) is 3.53. The van der Waals surface area contributed by atoms with Crippen LogP contribution in [0.5, 0.6) is 5.88 Å². The fourth-order valence-electron chi connectivity index (χ4n) is 3.53. The second kappa shape index (κ2) is 12.7. The molecule has 1 atom stereocenters. The van der Waals surface area contributed by atoms with Crippen molar-refractivity contribution in [2.24, 2.45) is 0 Å². The van der Waals surface area contributed by atoms with Crippen molar-refractivity contribution in [1.82, 2.24) is 4.98 Å². The Morgan fingerprint density at radius 1 is 0.886 bits per heavy atom. The van der Waals surface area contributed by atoms with Crippen molar-refractivity contribution in [2.45, 2.75) is 26.9 Å². The molecule has 4 aromatic rings. The summed E-state index contributed by atoms with van der Waals surface area (Å²) in [6.45, 7) is 5.95. The maximum absolute atomic E-state index is 12.8. The lowest BCUT2D eigenvalue weighted by molar-refractivity contribution is -0.151. The van der Waals surface area contributed by atoms with Crippen molar-refractivity contribution >= 4 is 5.97 Å². The van der Waals surface area contributed by atoms with Crippen LogP contribution in [0.1, 0.15) is 38.0 Å². The van der Waals surface area contributed by atoms with Crippen LogP contribution in [-0.2, 0) is 9.53 Å². The normalized spacial score (nSPS) is 10.8. The van der Waals surface area contributed by atoms with Gasteiger partial charge in [0.05, 0.1) is 12.3 Å². The van der Waals surface area contributed by atoms with E-state index in [1.54, 1.807) is 19.1 Å². The monoisotopic (exact) mass is 464 g/mol. The minimum absolute atomic E-state index is 0.0830. The van der Waals surface area contributed by atoms with Gasteiger partial charge in [-0.25, -0.2) is 9.78 Å². The molecule has 0 N–H and O–H groups in total. The number of ether oxygens (including phenoxy) is 2. The molecule has 0 spiro atoms. The highest BCUT2D eigenvalue weighted by atomic mass is 16.6. The fraction of sp³-hybridized carbons (Fsp3) is 0.167. The lowest BCUT2D eigenvalue weighted by Crippen LogP contribution is -2.22. The molecular formula is C30H28N2O3. The first-order chi connectivity index (χ1) is 17.2. The lowest BCUT2D eigenvalue weighted by atomic mass is 9.98. The zero-order valence-electron chi connectivity index (χ0n) is 20.1. The van der Waals surface area contributed by atoms with Crippen molar-refractivity contribution in [3.8, 4) is 34.3 Å². The highest BCUT2D eigenvalue weighted by molar-refractivity contribution is 5.79. The smallest absolute Gasteiger partial charge is 0.352 e. The molecule has 5 nitrogen and oxygen atoms in total. The molecule has 0 aliphatic rings. The Balaban J connectivity index is 0.00000167. The SMILES string of the molecule is CC.CCOC(=O)C(Oc1nc(-c2ccccc2)cc(-c2ccccc2)c1C#N)c1ccccc1. The third kappa shape index (κ3) is 6.13. The molecule has 3 aromatic carbocycles. The van der Waals surface area contributed by atoms with E-state index in [1.807, 2.05) is 98.8 Å². The Hall–Kier alpha value is -4.43. The maximum Gasteiger partial charge on any atom is 0.352 e. The lowest BCUT2D eigenvalue weighted by Gasteiger charge is -2.20. The summed E-state index contributed by atoms with van der Waals surface area (Å²) < 4.78 is 11.4. The number of hydrogen-bond donors (Lipinski definition) is 0. The van der Waals surface area contributed by atoms with Crippen molar-refractivity contribution in [2.75, 3.05) is 6.61 Å². The summed E-state index contributed by atoms with van der Waals surface area (Å²) in [7, 11) is 0. The van der Waals surface area contributed by atoms with Gasteiger partial charge >= 0.3 is 5.97 Å². The molecular weight excluding hydrogens is 436 g/mol. The first-order valence-corrected chi connectivity index (χ1v) is 11.7. The van der Waals surface area contributed by atoms with Gasteiger partial charge in [-0.15, -0.1) is 0 Å². The molecule has 1 unspecified atom stereocenters. The van der Waals surface area contributed by atoms with Crippen LogP contribution in [0.25, 0.3) is 22.4 Å². The van der Waals surface area contributed by atoms with E-state index in [9.17, 15) is 10.1 Å². The highest BCUT2D eigenvalue weighted by Crippen LogP contribution is 2.35. The second-order valence-electron chi connectivity index (χ2n) is 7.24. The molecule has 0 radical (unpaired) electrons. The minimum Gasteiger partial charge on any atom is -0.463 e. The van der Waals surface area contributed by atoms with Gasteiger partial charge in [0, 0.05) is 16.7 Å². The number of nitriles is 1. The Morgan fingerprint density at radius 3 is 1.97 bits per heavy atom. The summed E-state index contributed by atoms with van der Waals surface area (Å²) in [6.07, 6.45) is -1.06. The zero-order chi connectivity index (χ0) is 25.0. The number of rotatable bonds is 7. The Bertz CT molecular complexity index is 1270. The highest BCUT2D eigenvalue weighted by Gasteiger charge is 2.27. The summed E-state index contributed by atoms with van der Waals surface area (Å²) in [5.74, 6) is -0.458. The summed E-state index contributed by atoms with van der Waals surface area (Å²) in [5, 5.41) is 10.1. The molecule has 176 valence electrons. The topological polar surface area (TPSA) is 72.2 Å². The van der Waals surface area contributed by atoms with E-state index in [0.29, 0.717) is 16.8 Å². The Kier molecular flexibility index (Phi) is 9.15. The average molecular weight is 465 g/mol. The third-order valence-electron chi connectivity index (χ3n) is 5.08. The van der Waals surface area contributed by atoms with Gasteiger partial charge in [0.25, 0.3) is 0 Å². The number of carbonyl (C=O) groups excluding carboxylic acids is 1. The van der Waals surface area contributed by atoms with Gasteiger partial charge < -0.3 is 9.47 Å². The van der Waals surface area contributed by atoms with Gasteiger partial charge in [-0.3, -0.25) is 0 Å². The molecule has 1 aromatic heterocycles. The van der Waals surface area contributed by atoms with Crippen LogP contribution in [0.3, 0.4) is 0 Å². The first-order valence-electron chi connectivity index (χ1n) is 11.7. The van der Waals surface area contributed by atoms with Gasteiger partial charge in [0.2, 0.25) is 12.0 Å². The van der Waals surface area contributed by atoms with E-state index in [2.05, 4.69) is 11.1 Å². The van der Waals surface area contributed by atoms with E-state index >= 15 is 0 Å². The number of benzene rings is 3. The average Bonchev–Trinajstić information content (AvgIpc) is 2.94. The molecule has 0 saturated carbocycles. The molecule has 5 heteroatoms. The molecule has 0 amide bonds. The van der Waals surface area contributed by atoms with Crippen molar-refractivity contribution in [3.05, 3.63) is 108 Å². The minimum atomic E-state index is -1.06. The van der Waals surface area contributed by atoms with Crippen LogP contribution in [0.15, 0.2) is 97.1 Å². The maximum atomic E-state index is 12.8.